The Balaban J connectivity index is 1.66. The van der Waals surface area contributed by atoms with Gasteiger partial charge in [-0.05, 0) is 40.9 Å². The lowest BCUT2D eigenvalue weighted by Gasteiger charge is -2.30. The topological polar surface area (TPSA) is 101 Å². The zero-order valence-corrected chi connectivity index (χ0v) is 20.0. The Labute approximate surface area is 198 Å². The van der Waals surface area contributed by atoms with Crippen LogP contribution in [0, 0.1) is 0 Å². The number of hydrogen-bond donors (Lipinski definition) is 2. The van der Waals surface area contributed by atoms with Crippen LogP contribution >= 0.6 is 27.5 Å². The fourth-order valence-electron chi connectivity index (χ4n) is 4.01. The molecule has 4 rings (SSSR count). The molecule has 2 aromatic heterocycles. The lowest BCUT2D eigenvalue weighted by Crippen LogP contribution is -2.38. The maximum atomic E-state index is 11.5. The van der Waals surface area contributed by atoms with Crippen LogP contribution in [0.4, 0.5) is 10.6 Å². The van der Waals surface area contributed by atoms with Gasteiger partial charge in [-0.1, -0.05) is 11.6 Å². The van der Waals surface area contributed by atoms with E-state index >= 15 is 0 Å². The van der Waals surface area contributed by atoms with Crippen molar-refractivity contribution in [2.45, 2.75) is 25.3 Å². The molecule has 0 radical (unpaired) electrons. The van der Waals surface area contributed by atoms with Crippen LogP contribution in [0.3, 0.4) is 0 Å². The van der Waals surface area contributed by atoms with Gasteiger partial charge in [0.05, 0.1) is 20.4 Å². The number of nitrogens with one attached hydrogen (secondary N) is 1. The van der Waals surface area contributed by atoms with Crippen molar-refractivity contribution < 1.29 is 19.4 Å². The van der Waals surface area contributed by atoms with Gasteiger partial charge in [0.1, 0.15) is 32.6 Å². The van der Waals surface area contributed by atoms with Gasteiger partial charge < -0.3 is 24.8 Å². The van der Waals surface area contributed by atoms with Gasteiger partial charge in [-0.2, -0.15) is 0 Å². The van der Waals surface area contributed by atoms with Crippen LogP contribution in [0.2, 0.25) is 5.15 Å². The number of piperidine rings is 1. The quantitative estimate of drug-likeness (QED) is 0.485. The van der Waals surface area contributed by atoms with Gasteiger partial charge >= 0.3 is 6.09 Å². The van der Waals surface area contributed by atoms with Gasteiger partial charge in [-0.25, -0.2) is 14.8 Å². The van der Waals surface area contributed by atoms with Crippen LogP contribution in [-0.2, 0) is 6.54 Å². The zero-order chi connectivity index (χ0) is 22.8. The predicted molar refractivity (Wildman–Crippen MR) is 124 cm³/mol. The molecule has 170 valence electrons. The molecule has 1 unspecified atom stereocenters. The molecule has 0 spiro atoms. The van der Waals surface area contributed by atoms with Crippen LogP contribution in [-0.4, -0.2) is 57.8 Å². The number of hydrogen-bond acceptors (Lipinski definition) is 6. The lowest BCUT2D eigenvalue weighted by atomic mass is 9.97. The molecule has 9 nitrogen and oxygen atoms in total. The van der Waals surface area contributed by atoms with Crippen molar-refractivity contribution in [1.82, 2.24) is 19.3 Å². The number of amides is 1. The fraction of sp³-hybridized carbons (Fsp3) is 0.381. The summed E-state index contributed by atoms with van der Waals surface area (Å²) in [6, 6.07) is 5.62. The fourth-order valence-corrected chi connectivity index (χ4v) is 4.78. The van der Waals surface area contributed by atoms with Crippen molar-refractivity contribution in [1.29, 1.82) is 0 Å². The minimum Gasteiger partial charge on any atom is -0.497 e. The van der Waals surface area contributed by atoms with Gasteiger partial charge in [0.15, 0.2) is 5.82 Å². The maximum Gasteiger partial charge on any atom is 0.407 e. The van der Waals surface area contributed by atoms with Crippen molar-refractivity contribution in [3.05, 3.63) is 45.5 Å². The van der Waals surface area contributed by atoms with E-state index in [0.29, 0.717) is 52.2 Å². The first-order valence-corrected chi connectivity index (χ1v) is 11.2. The number of carbonyl (C=O) groups is 1. The van der Waals surface area contributed by atoms with Crippen molar-refractivity contribution in [2.24, 2.45) is 0 Å². The number of benzene rings is 1. The molecule has 1 atom stereocenters. The first-order chi connectivity index (χ1) is 15.4. The van der Waals surface area contributed by atoms with Gasteiger partial charge in [0, 0.05) is 37.2 Å². The van der Waals surface area contributed by atoms with Gasteiger partial charge in [-0.15, -0.1) is 0 Å². The van der Waals surface area contributed by atoms with Crippen LogP contribution in [0.5, 0.6) is 11.5 Å². The number of rotatable bonds is 6. The average Bonchev–Trinajstić information content (AvgIpc) is 3.17. The third kappa shape index (κ3) is 4.29. The largest absolute Gasteiger partial charge is 0.497 e. The summed E-state index contributed by atoms with van der Waals surface area (Å²) >= 11 is 10.1. The Morgan fingerprint density at radius 1 is 1.38 bits per heavy atom. The highest BCUT2D eigenvalue weighted by molar-refractivity contribution is 9.10. The molecule has 0 bridgehead atoms. The van der Waals surface area contributed by atoms with Crippen molar-refractivity contribution in [3.8, 4) is 11.5 Å². The van der Waals surface area contributed by atoms with E-state index in [1.54, 1.807) is 20.4 Å². The smallest absolute Gasteiger partial charge is 0.407 e. The number of likely N-dealkylation sites (tertiary alicyclic amines) is 1. The van der Waals surface area contributed by atoms with E-state index in [-0.39, 0.29) is 5.92 Å². The molecule has 1 fully saturated rings. The number of methoxy groups -OCH3 is 2. The van der Waals surface area contributed by atoms with Crippen LogP contribution in [0.15, 0.2) is 29.0 Å². The molecule has 1 aromatic carbocycles. The summed E-state index contributed by atoms with van der Waals surface area (Å²) in [6.07, 6.45) is 2.25. The molecule has 1 aliphatic heterocycles. The number of nitrogens with zero attached hydrogens (tertiary/aromatic N) is 4. The zero-order valence-electron chi connectivity index (χ0n) is 17.6. The van der Waals surface area contributed by atoms with E-state index in [9.17, 15) is 9.90 Å². The van der Waals surface area contributed by atoms with Gasteiger partial charge in [-0.3, -0.25) is 4.40 Å². The summed E-state index contributed by atoms with van der Waals surface area (Å²) in [6.45, 7) is 1.37. The van der Waals surface area contributed by atoms with Crippen molar-refractivity contribution in [2.75, 3.05) is 32.6 Å². The molecule has 1 aliphatic rings. The first kappa shape index (κ1) is 22.5. The molecule has 11 heteroatoms. The minimum atomic E-state index is -0.918. The van der Waals surface area contributed by atoms with E-state index in [4.69, 9.17) is 26.1 Å². The molecule has 32 heavy (non-hydrogen) atoms. The molecule has 1 saturated heterocycles. The van der Waals surface area contributed by atoms with Crippen LogP contribution in [0.1, 0.15) is 30.1 Å². The Morgan fingerprint density at radius 3 is 2.91 bits per heavy atom. The van der Waals surface area contributed by atoms with Gasteiger partial charge in [0.2, 0.25) is 0 Å². The van der Waals surface area contributed by atoms with Crippen molar-refractivity contribution >= 4 is 45.0 Å². The van der Waals surface area contributed by atoms with E-state index < -0.39 is 6.09 Å². The number of halogens is 2. The number of carboxylic acid groups (broad SMARTS) is 1. The second-order valence-electron chi connectivity index (χ2n) is 7.47. The summed E-state index contributed by atoms with van der Waals surface area (Å²) in [5.74, 6) is 2.67. The Hall–Kier alpha value is -2.72. The Kier molecular flexibility index (Phi) is 6.61. The lowest BCUT2D eigenvalue weighted by molar-refractivity contribution is 0.129. The maximum absolute atomic E-state index is 11.5. The highest BCUT2D eigenvalue weighted by atomic mass is 79.9. The van der Waals surface area contributed by atoms with E-state index in [1.807, 2.05) is 22.6 Å². The average molecular weight is 525 g/mol. The SMILES string of the molecule is COc1ccc(CNc2ncc(Cl)n3c(C4CCCN(C(=O)O)C4)nc(Br)c23)c(OC)c1. The summed E-state index contributed by atoms with van der Waals surface area (Å²) in [4.78, 5) is 22.0. The molecule has 2 N–H and O–H groups in total. The molecular formula is C21H23BrClN5O4. The highest BCUT2D eigenvalue weighted by Gasteiger charge is 2.29. The van der Waals surface area contributed by atoms with E-state index in [2.05, 4.69) is 26.2 Å². The second kappa shape index (κ2) is 9.41. The third-order valence-electron chi connectivity index (χ3n) is 5.60. The number of anilines is 1. The molecule has 3 heterocycles. The molecule has 1 amide bonds. The molecule has 0 saturated carbocycles. The summed E-state index contributed by atoms with van der Waals surface area (Å²) < 4.78 is 13.2. The number of imidazole rings is 1. The van der Waals surface area contributed by atoms with E-state index in [1.165, 1.54) is 4.90 Å². The normalized spacial score (nSPS) is 16.2. The van der Waals surface area contributed by atoms with Crippen LogP contribution in [0.25, 0.3) is 5.52 Å². The summed E-state index contributed by atoms with van der Waals surface area (Å²) in [5, 5.41) is 13.2. The number of ether oxygens (including phenoxy) is 2. The Bertz CT molecular complexity index is 1150. The monoisotopic (exact) mass is 523 g/mol. The first-order valence-electron chi connectivity index (χ1n) is 10.1. The third-order valence-corrected chi connectivity index (χ3v) is 6.42. The summed E-state index contributed by atoms with van der Waals surface area (Å²) in [7, 11) is 3.22. The van der Waals surface area contributed by atoms with E-state index in [0.717, 1.165) is 24.2 Å². The molecule has 0 aliphatic carbocycles. The Morgan fingerprint density at radius 2 is 2.19 bits per heavy atom. The minimum absolute atomic E-state index is 0.0620. The second-order valence-corrected chi connectivity index (χ2v) is 8.61. The standard InChI is InChI=1S/C21H23BrClN5O4/c1-31-14-6-5-12(15(8-14)32-2)9-24-19-17-18(22)26-20(28(17)16(23)10-25-19)13-4-3-7-27(11-13)21(29)30/h5-6,8,10,13H,3-4,7,9,11H2,1-2H3,(H,24,25)(H,29,30). The van der Waals surface area contributed by atoms with Gasteiger partial charge in [0.25, 0.3) is 0 Å². The number of aromatic nitrogens is 3. The molecular weight excluding hydrogens is 502 g/mol. The highest BCUT2D eigenvalue weighted by Crippen LogP contribution is 2.35. The number of fused-ring (bicyclic) bond motifs is 1. The molecule has 3 aromatic rings. The summed E-state index contributed by atoms with van der Waals surface area (Å²) in [5.41, 5.74) is 1.64. The van der Waals surface area contributed by atoms with Crippen molar-refractivity contribution in [3.63, 3.8) is 0 Å². The van der Waals surface area contributed by atoms with Crippen LogP contribution < -0.4 is 14.8 Å². The predicted octanol–water partition coefficient (Wildman–Crippen LogP) is 4.63.